The first-order chi connectivity index (χ1) is 17.8. The van der Waals surface area contributed by atoms with Gasteiger partial charge in [-0.15, -0.1) is 17.9 Å². The predicted molar refractivity (Wildman–Crippen MR) is 140 cm³/mol. The van der Waals surface area contributed by atoms with E-state index in [0.29, 0.717) is 37.1 Å². The Morgan fingerprint density at radius 2 is 1.84 bits per heavy atom. The van der Waals surface area contributed by atoms with Crippen molar-refractivity contribution >= 4 is 29.0 Å². The van der Waals surface area contributed by atoms with E-state index in [1.54, 1.807) is 19.1 Å². The van der Waals surface area contributed by atoms with E-state index in [1.165, 1.54) is 22.3 Å². The summed E-state index contributed by atoms with van der Waals surface area (Å²) < 4.78 is 37.9. The summed E-state index contributed by atoms with van der Waals surface area (Å²) in [6.07, 6.45) is 2.02. The number of thiophene rings is 1. The number of hydrogen-bond acceptors (Lipinski definition) is 5. The SMILES string of the molecule is C=CCN(CC(=O)N(CCc1ccc(OC)c(OC)c1)Cc1cccs1)C(=O)Nc1ccc(F)cc1F. The Hall–Kier alpha value is -3.92. The van der Waals surface area contributed by atoms with E-state index in [0.717, 1.165) is 22.6 Å². The van der Waals surface area contributed by atoms with Gasteiger partial charge in [0.2, 0.25) is 5.91 Å². The molecule has 0 radical (unpaired) electrons. The number of nitrogens with one attached hydrogen (secondary N) is 1. The zero-order valence-corrected chi connectivity index (χ0v) is 21.5. The van der Waals surface area contributed by atoms with Crippen molar-refractivity contribution in [2.45, 2.75) is 13.0 Å². The average Bonchev–Trinajstić information content (AvgIpc) is 3.40. The molecule has 3 amide bonds. The first-order valence-electron chi connectivity index (χ1n) is 11.5. The lowest BCUT2D eigenvalue weighted by molar-refractivity contribution is -0.132. The van der Waals surface area contributed by atoms with Gasteiger partial charge in [-0.1, -0.05) is 18.2 Å². The third-order valence-electron chi connectivity index (χ3n) is 5.53. The van der Waals surface area contributed by atoms with Gasteiger partial charge in [0.1, 0.15) is 18.2 Å². The Bertz CT molecular complexity index is 1220. The van der Waals surface area contributed by atoms with Crippen LogP contribution >= 0.6 is 11.3 Å². The van der Waals surface area contributed by atoms with Crippen LogP contribution in [0.25, 0.3) is 0 Å². The third kappa shape index (κ3) is 7.78. The second-order valence-electron chi connectivity index (χ2n) is 8.06. The summed E-state index contributed by atoms with van der Waals surface area (Å²) in [6, 6.07) is 11.6. The molecule has 0 aliphatic rings. The van der Waals surface area contributed by atoms with Crippen LogP contribution in [-0.4, -0.2) is 55.6 Å². The largest absolute Gasteiger partial charge is 0.493 e. The number of anilines is 1. The molecular weight excluding hydrogens is 500 g/mol. The van der Waals surface area contributed by atoms with Gasteiger partial charge in [0.15, 0.2) is 11.5 Å². The number of nitrogens with zero attached hydrogens (tertiary/aromatic N) is 2. The first kappa shape index (κ1) is 27.7. The Morgan fingerprint density at radius 3 is 2.49 bits per heavy atom. The molecule has 1 aromatic heterocycles. The van der Waals surface area contributed by atoms with Gasteiger partial charge in [0, 0.05) is 24.0 Å². The Balaban J connectivity index is 1.73. The number of carbonyl (C=O) groups excluding carboxylic acids is 2. The van der Waals surface area contributed by atoms with Crippen molar-refractivity contribution in [2.24, 2.45) is 0 Å². The van der Waals surface area contributed by atoms with Crippen molar-refractivity contribution < 1.29 is 27.8 Å². The van der Waals surface area contributed by atoms with Gasteiger partial charge in [-0.3, -0.25) is 4.79 Å². The molecule has 0 spiro atoms. The molecule has 0 saturated heterocycles. The maximum absolute atomic E-state index is 14.0. The molecule has 0 saturated carbocycles. The Labute approximate surface area is 218 Å². The van der Waals surface area contributed by atoms with Gasteiger partial charge >= 0.3 is 6.03 Å². The minimum atomic E-state index is -0.910. The molecule has 0 bridgehead atoms. The quantitative estimate of drug-likeness (QED) is 0.322. The van der Waals surface area contributed by atoms with Crippen LogP contribution in [0, 0.1) is 11.6 Å². The van der Waals surface area contributed by atoms with E-state index in [1.807, 2.05) is 35.7 Å². The van der Waals surface area contributed by atoms with E-state index < -0.39 is 17.7 Å². The number of hydrogen-bond donors (Lipinski definition) is 1. The van der Waals surface area contributed by atoms with Crippen LogP contribution in [0.1, 0.15) is 10.4 Å². The van der Waals surface area contributed by atoms with Gasteiger partial charge in [0.25, 0.3) is 0 Å². The first-order valence-corrected chi connectivity index (χ1v) is 12.4. The minimum absolute atomic E-state index is 0.0584. The molecular formula is C27H29F2N3O4S. The van der Waals surface area contributed by atoms with E-state index in [4.69, 9.17) is 9.47 Å². The van der Waals surface area contributed by atoms with E-state index in [2.05, 4.69) is 11.9 Å². The predicted octanol–water partition coefficient (Wildman–Crippen LogP) is 5.33. The van der Waals surface area contributed by atoms with Crippen molar-refractivity contribution in [3.05, 3.63) is 88.6 Å². The third-order valence-corrected chi connectivity index (χ3v) is 6.39. The van der Waals surface area contributed by atoms with Crippen LogP contribution in [-0.2, 0) is 17.8 Å². The standard InChI is InChI=1S/C27H29F2N3O4S/c1-4-12-32(27(34)30-23-9-8-20(28)16-22(23)29)18-26(33)31(17-21-6-5-14-37-21)13-11-19-7-10-24(35-2)25(15-19)36-3/h4-10,14-16H,1,11-13,17-18H2,2-3H3,(H,30,34). The van der Waals surface area contributed by atoms with Crippen molar-refractivity contribution in [1.29, 1.82) is 0 Å². The van der Waals surface area contributed by atoms with Gasteiger partial charge in [-0.2, -0.15) is 0 Å². The molecule has 0 aliphatic carbocycles. The summed E-state index contributed by atoms with van der Waals surface area (Å²) >= 11 is 1.53. The summed E-state index contributed by atoms with van der Waals surface area (Å²) in [4.78, 5) is 30.1. The average molecular weight is 530 g/mol. The second kappa shape index (κ2) is 13.4. The molecule has 3 rings (SSSR count). The molecule has 1 N–H and O–H groups in total. The molecule has 37 heavy (non-hydrogen) atoms. The lowest BCUT2D eigenvalue weighted by Gasteiger charge is -2.27. The molecule has 0 aliphatic heterocycles. The van der Waals surface area contributed by atoms with Crippen LogP contribution in [0.4, 0.5) is 19.3 Å². The number of halogens is 2. The summed E-state index contributed by atoms with van der Waals surface area (Å²) in [5.41, 5.74) is 0.769. The number of carbonyl (C=O) groups is 2. The molecule has 196 valence electrons. The number of rotatable bonds is 12. The smallest absolute Gasteiger partial charge is 0.322 e. The fraction of sp³-hybridized carbons (Fsp3) is 0.259. The van der Waals surface area contributed by atoms with Crippen LogP contribution in [0.2, 0.25) is 0 Å². The maximum Gasteiger partial charge on any atom is 0.322 e. The van der Waals surface area contributed by atoms with Crippen LogP contribution < -0.4 is 14.8 Å². The van der Waals surface area contributed by atoms with Gasteiger partial charge in [-0.25, -0.2) is 13.6 Å². The summed E-state index contributed by atoms with van der Waals surface area (Å²) in [6.45, 7) is 4.22. The molecule has 3 aromatic rings. The van der Waals surface area contributed by atoms with Gasteiger partial charge in [0.05, 0.1) is 26.5 Å². The highest BCUT2D eigenvalue weighted by Gasteiger charge is 2.22. The van der Waals surface area contributed by atoms with E-state index in [9.17, 15) is 18.4 Å². The molecule has 0 atom stereocenters. The highest BCUT2D eigenvalue weighted by Crippen LogP contribution is 2.28. The fourth-order valence-corrected chi connectivity index (χ4v) is 4.33. The maximum atomic E-state index is 14.0. The second-order valence-corrected chi connectivity index (χ2v) is 9.09. The zero-order chi connectivity index (χ0) is 26.8. The van der Waals surface area contributed by atoms with Crippen LogP contribution in [0.15, 0.2) is 66.6 Å². The van der Waals surface area contributed by atoms with Crippen molar-refractivity contribution in [2.75, 3.05) is 39.2 Å². The van der Waals surface area contributed by atoms with Gasteiger partial charge < -0.3 is 24.6 Å². The lowest BCUT2D eigenvalue weighted by atomic mass is 10.1. The topological polar surface area (TPSA) is 71.1 Å². The van der Waals surface area contributed by atoms with Crippen molar-refractivity contribution in [3.8, 4) is 11.5 Å². The van der Waals surface area contributed by atoms with Crippen molar-refractivity contribution in [1.82, 2.24) is 9.80 Å². The highest BCUT2D eigenvalue weighted by molar-refractivity contribution is 7.09. The molecule has 0 unspecified atom stereocenters. The Kier molecular flexibility index (Phi) is 10.0. The molecule has 2 aromatic carbocycles. The number of methoxy groups -OCH3 is 2. The van der Waals surface area contributed by atoms with Crippen molar-refractivity contribution in [3.63, 3.8) is 0 Å². The fourth-order valence-electron chi connectivity index (χ4n) is 3.61. The number of benzene rings is 2. The molecule has 0 fully saturated rings. The normalized spacial score (nSPS) is 10.5. The monoisotopic (exact) mass is 529 g/mol. The van der Waals surface area contributed by atoms with Gasteiger partial charge in [-0.05, 0) is 47.7 Å². The zero-order valence-electron chi connectivity index (χ0n) is 20.7. The summed E-state index contributed by atoms with van der Waals surface area (Å²) in [5.74, 6) is -0.746. The lowest BCUT2D eigenvalue weighted by Crippen LogP contribution is -2.45. The summed E-state index contributed by atoms with van der Waals surface area (Å²) in [5, 5.41) is 4.33. The molecule has 7 nitrogen and oxygen atoms in total. The summed E-state index contributed by atoms with van der Waals surface area (Å²) in [7, 11) is 3.12. The van der Waals surface area contributed by atoms with E-state index in [-0.39, 0.29) is 24.7 Å². The Morgan fingerprint density at radius 1 is 1.05 bits per heavy atom. The molecule has 10 heteroatoms. The minimum Gasteiger partial charge on any atom is -0.493 e. The number of amides is 3. The number of ether oxygens (including phenoxy) is 2. The number of urea groups is 1. The van der Waals surface area contributed by atoms with Crippen LogP contribution in [0.3, 0.4) is 0 Å². The van der Waals surface area contributed by atoms with Crippen LogP contribution in [0.5, 0.6) is 11.5 Å². The highest BCUT2D eigenvalue weighted by atomic mass is 32.1. The molecule has 1 heterocycles. The van der Waals surface area contributed by atoms with E-state index >= 15 is 0 Å².